The number of allylic oxidation sites excluding steroid dienone is 3. The molecule has 0 spiro atoms. The van der Waals surface area contributed by atoms with Gasteiger partial charge in [0.25, 0.3) is 0 Å². The van der Waals surface area contributed by atoms with Crippen molar-refractivity contribution in [3.8, 4) is 12.1 Å². The smallest absolute Gasteiger partial charge is 0.351 e. The number of hydrogen-bond donors (Lipinski definition) is 2. The summed E-state index contributed by atoms with van der Waals surface area (Å²) >= 11 is 0. The molecule has 8 heteroatoms. The summed E-state index contributed by atoms with van der Waals surface area (Å²) in [6, 6.07) is 4.26. The first kappa shape index (κ1) is 31.5. The normalized spacial score (nSPS) is 20.6. The molecule has 0 aromatic carbocycles. The maximum Gasteiger partial charge on any atom is 0.351 e. The standard InChI is InChI=1S/C35H42N6O2/c1-19-20(2)27(39-25(19)13-26-21(3)22(4)29(18-37)40-26)14-31-34(8,9)15-23(38-31)12-30-35(10,11)16-28(41-30)24(17-36)32(42)43-33(5,6)7/h12-14,39-40H,15-16H2,1-11H3/b23-12-,25-13-,27-14-,28-24+. The summed E-state index contributed by atoms with van der Waals surface area (Å²) < 4.78 is 5.46. The van der Waals surface area contributed by atoms with Crippen molar-refractivity contribution in [2.45, 2.75) is 94.6 Å². The van der Waals surface area contributed by atoms with Gasteiger partial charge in [-0.05, 0) is 88.9 Å². The van der Waals surface area contributed by atoms with Gasteiger partial charge in [-0.3, -0.25) is 9.98 Å². The molecule has 2 aromatic rings. The second-order valence-corrected chi connectivity index (χ2v) is 14.0. The van der Waals surface area contributed by atoms with E-state index < -0.39 is 11.6 Å². The predicted octanol–water partition coefficient (Wildman–Crippen LogP) is 5.80. The van der Waals surface area contributed by atoms with Gasteiger partial charge >= 0.3 is 5.97 Å². The number of nitrogens with one attached hydrogen (secondary N) is 2. The van der Waals surface area contributed by atoms with Crippen molar-refractivity contribution in [2.24, 2.45) is 20.8 Å². The van der Waals surface area contributed by atoms with Crippen LogP contribution < -0.4 is 10.7 Å². The number of ether oxygens (including phenoxy) is 1. The van der Waals surface area contributed by atoms with E-state index in [2.05, 4.69) is 69.7 Å². The Morgan fingerprint density at radius 3 is 1.98 bits per heavy atom. The molecule has 0 bridgehead atoms. The first-order chi connectivity index (χ1) is 19.9. The maximum atomic E-state index is 12.7. The van der Waals surface area contributed by atoms with Crippen LogP contribution in [-0.2, 0) is 9.53 Å². The zero-order valence-corrected chi connectivity index (χ0v) is 27.3. The number of aliphatic imine (C=N–C) groups is 2. The van der Waals surface area contributed by atoms with Crippen LogP contribution in [0.15, 0.2) is 33.0 Å². The summed E-state index contributed by atoms with van der Waals surface area (Å²) in [5.41, 5.74) is 7.65. The lowest BCUT2D eigenvalue weighted by Gasteiger charge is -2.20. The SMILES string of the molecule is Cc1c(C#N)[nH]c(/C=c2\[nH]/c(=C\C3=NC(=C\C4=NC(=C(\C#N)C(=O)OC(C)(C)C)/CC4(C)C)/CC3(C)C)c(C)c2C)c1C. The maximum absolute atomic E-state index is 12.7. The van der Waals surface area contributed by atoms with Gasteiger partial charge in [-0.2, -0.15) is 10.5 Å². The van der Waals surface area contributed by atoms with Gasteiger partial charge in [0.15, 0.2) is 5.57 Å². The number of nitriles is 2. The number of aromatic nitrogens is 2. The van der Waals surface area contributed by atoms with E-state index in [-0.39, 0.29) is 16.4 Å². The molecule has 2 aromatic heterocycles. The van der Waals surface area contributed by atoms with Gasteiger partial charge in [0.05, 0.1) is 5.70 Å². The number of H-pyrrole nitrogens is 2. The highest BCUT2D eigenvalue weighted by Crippen LogP contribution is 2.40. The minimum absolute atomic E-state index is 0.0422. The third-order valence-corrected chi connectivity index (χ3v) is 8.37. The largest absolute Gasteiger partial charge is 0.456 e. The molecule has 0 amide bonds. The fourth-order valence-corrected chi connectivity index (χ4v) is 5.41. The monoisotopic (exact) mass is 578 g/mol. The van der Waals surface area contributed by atoms with E-state index in [1.54, 1.807) is 20.8 Å². The number of hydrogen-bond acceptors (Lipinski definition) is 6. The van der Waals surface area contributed by atoms with Gasteiger partial charge in [0.2, 0.25) is 0 Å². The van der Waals surface area contributed by atoms with Crippen molar-refractivity contribution >= 4 is 29.5 Å². The summed E-state index contributed by atoms with van der Waals surface area (Å²) in [6.45, 7) is 22.0. The van der Waals surface area contributed by atoms with Crippen molar-refractivity contribution in [1.82, 2.24) is 9.97 Å². The third-order valence-electron chi connectivity index (χ3n) is 8.37. The van der Waals surface area contributed by atoms with Crippen LogP contribution in [-0.4, -0.2) is 33.0 Å². The molecule has 0 saturated heterocycles. The summed E-state index contributed by atoms with van der Waals surface area (Å²) in [5.74, 6) is -0.643. The van der Waals surface area contributed by atoms with Gasteiger partial charge in [-0.25, -0.2) is 4.79 Å². The van der Waals surface area contributed by atoms with Gasteiger partial charge < -0.3 is 14.7 Å². The Hall–Kier alpha value is -4.43. The Morgan fingerprint density at radius 1 is 0.837 bits per heavy atom. The molecule has 0 aliphatic carbocycles. The van der Waals surface area contributed by atoms with Crippen LogP contribution >= 0.6 is 0 Å². The first-order valence-electron chi connectivity index (χ1n) is 14.6. The molecule has 2 aliphatic heterocycles. The molecule has 0 unspecified atom stereocenters. The number of carbonyl (C=O) groups is 1. The number of rotatable bonds is 4. The molecule has 224 valence electrons. The summed E-state index contributed by atoms with van der Waals surface area (Å²) in [7, 11) is 0. The molecule has 0 fully saturated rings. The van der Waals surface area contributed by atoms with Gasteiger partial charge in [0, 0.05) is 57.2 Å². The topological polar surface area (TPSA) is 130 Å². The highest BCUT2D eigenvalue weighted by atomic mass is 16.6. The Bertz CT molecular complexity index is 1850. The third kappa shape index (κ3) is 6.34. The molecule has 8 nitrogen and oxygen atoms in total. The summed E-state index contributed by atoms with van der Waals surface area (Å²) in [6.07, 6.45) is 7.40. The van der Waals surface area contributed by atoms with E-state index in [4.69, 9.17) is 14.7 Å². The molecule has 4 heterocycles. The molecular weight excluding hydrogens is 536 g/mol. The van der Waals surface area contributed by atoms with E-state index in [0.717, 1.165) is 62.2 Å². The Kier molecular flexibility index (Phi) is 8.06. The lowest BCUT2D eigenvalue weighted by atomic mass is 9.82. The summed E-state index contributed by atoms with van der Waals surface area (Å²) in [5, 5.41) is 21.2. The van der Waals surface area contributed by atoms with Crippen LogP contribution in [0.2, 0.25) is 0 Å². The second kappa shape index (κ2) is 11.0. The second-order valence-electron chi connectivity index (χ2n) is 14.0. The lowest BCUT2D eigenvalue weighted by Crippen LogP contribution is -2.25. The highest BCUT2D eigenvalue weighted by Gasteiger charge is 2.37. The van der Waals surface area contributed by atoms with E-state index in [9.17, 15) is 15.3 Å². The molecule has 43 heavy (non-hydrogen) atoms. The van der Waals surface area contributed by atoms with Crippen LogP contribution in [0.1, 0.15) is 94.9 Å². The molecule has 0 saturated carbocycles. The van der Waals surface area contributed by atoms with Crippen molar-refractivity contribution < 1.29 is 9.53 Å². The average Bonchev–Trinajstić information content (AvgIpc) is 3.53. The first-order valence-corrected chi connectivity index (χ1v) is 14.6. The van der Waals surface area contributed by atoms with Gasteiger partial charge in [-0.1, -0.05) is 27.7 Å². The van der Waals surface area contributed by atoms with Crippen molar-refractivity contribution in [3.05, 3.63) is 67.4 Å². The zero-order valence-electron chi connectivity index (χ0n) is 27.3. The van der Waals surface area contributed by atoms with Crippen LogP contribution in [0.4, 0.5) is 0 Å². The number of aromatic amines is 2. The van der Waals surface area contributed by atoms with Crippen LogP contribution in [0.3, 0.4) is 0 Å². The molecule has 0 radical (unpaired) electrons. The number of carbonyl (C=O) groups excluding carboxylic acids is 1. The van der Waals surface area contributed by atoms with Crippen LogP contribution in [0.5, 0.6) is 0 Å². The van der Waals surface area contributed by atoms with Crippen molar-refractivity contribution in [1.29, 1.82) is 10.5 Å². The van der Waals surface area contributed by atoms with Crippen molar-refractivity contribution in [3.63, 3.8) is 0 Å². The minimum Gasteiger partial charge on any atom is -0.456 e. The fraction of sp³-hybridized carbons (Fsp3) is 0.457. The highest BCUT2D eigenvalue weighted by molar-refractivity contribution is 6.15. The molecule has 2 aliphatic rings. The van der Waals surface area contributed by atoms with E-state index in [0.29, 0.717) is 17.8 Å². The lowest BCUT2D eigenvalue weighted by molar-refractivity contribution is -0.149. The number of esters is 1. The zero-order chi connectivity index (χ0) is 32.1. The van der Waals surface area contributed by atoms with Gasteiger partial charge in [-0.15, -0.1) is 0 Å². The Labute approximate surface area is 254 Å². The minimum atomic E-state index is -0.699. The van der Waals surface area contributed by atoms with E-state index in [1.807, 2.05) is 26.0 Å². The van der Waals surface area contributed by atoms with Crippen LogP contribution in [0.25, 0.3) is 12.2 Å². The summed E-state index contributed by atoms with van der Waals surface area (Å²) in [4.78, 5) is 29.3. The Balaban J connectivity index is 1.74. The number of nitrogens with zero attached hydrogens (tertiary/aromatic N) is 4. The Morgan fingerprint density at radius 2 is 1.42 bits per heavy atom. The van der Waals surface area contributed by atoms with Crippen molar-refractivity contribution in [2.75, 3.05) is 0 Å². The quantitative estimate of drug-likeness (QED) is 0.270. The fourth-order valence-electron chi connectivity index (χ4n) is 5.41. The molecule has 0 atom stereocenters. The van der Waals surface area contributed by atoms with Gasteiger partial charge in [0.1, 0.15) is 23.4 Å². The van der Waals surface area contributed by atoms with Crippen LogP contribution in [0, 0.1) is 61.2 Å². The molecular formula is C35H42N6O2. The molecule has 4 rings (SSSR count). The van der Waals surface area contributed by atoms with E-state index >= 15 is 0 Å². The molecule has 2 N–H and O–H groups in total. The van der Waals surface area contributed by atoms with E-state index in [1.165, 1.54) is 0 Å². The average molecular weight is 579 g/mol. The predicted molar refractivity (Wildman–Crippen MR) is 171 cm³/mol.